The number of carboxylic acid groups (broad SMARTS) is 8. The van der Waals surface area contributed by atoms with Gasteiger partial charge in [-0.1, -0.05) is 0 Å². The molecule has 0 saturated carbocycles. The molecule has 3 unspecified atom stereocenters. The number of hydrogen-bond donors (Lipinski definition) is 14. The van der Waals surface area contributed by atoms with Gasteiger partial charge in [-0.3, -0.25) is 28.5 Å². The van der Waals surface area contributed by atoms with Gasteiger partial charge in [0.2, 0.25) is 11.8 Å². The molecule has 0 bridgehead atoms. The van der Waals surface area contributed by atoms with Crippen LogP contribution in [0.4, 0.5) is 0 Å². The van der Waals surface area contributed by atoms with Crippen molar-refractivity contribution in [2.24, 2.45) is 23.3 Å². The summed E-state index contributed by atoms with van der Waals surface area (Å²) in [4.78, 5) is 158. The molecule has 0 saturated heterocycles. The standard InChI is InChI=1S/C15H25N2O12P.C9H16N2O6.C6H11O7P.5K.H3O4P/c16-9(14(23)24)2-3-11(18)17-10(15(25)26)5-6-29-30(27,28)7-8(13(21)22)1-4-12(19)20;10-5(8(14)15)1-2-7(13)11-6(3-4-12)9(16)17;7-5(8)2-1-4(6(9)10)3-14(11,12)13;;;;;;1-5(2,3)4/h8-10H,1-7,16H2,(H,17,18)(H,19,20)(H,21,22)(H,23,24)(H,25,26)(H,27,28);5-6,12H,1-4,10H2,(H,11,13)(H,14,15)(H,16,17);4H,1-3H2,(H,7,8)(H,9,10)(H2,11,12,13);;;;;;(H3,1,2,3,4)/q;;;5*+1;/p-5/t8?,9-,10-;5-,6-;;;;;;;/m00......./s1. The summed E-state index contributed by atoms with van der Waals surface area (Å²) in [7, 11) is -13.9. The number of nitrogens with one attached hydrogen (secondary N) is 2. The number of aliphatic carboxylic acids is 8. The number of amides is 2. The molecule has 16 N–H and O–H groups in total. The van der Waals surface area contributed by atoms with Gasteiger partial charge in [0, 0.05) is 62.4 Å². The van der Waals surface area contributed by atoms with Crippen molar-refractivity contribution in [3.8, 4) is 0 Å². The molecule has 0 aromatic rings. The van der Waals surface area contributed by atoms with E-state index in [2.05, 4.69) is 9.84 Å². The van der Waals surface area contributed by atoms with Gasteiger partial charge < -0.3 is 126 Å². The molecule has 41 heteroatoms. The maximum atomic E-state index is 11.8. The van der Waals surface area contributed by atoms with Crippen LogP contribution in [0.2, 0.25) is 0 Å². The molecule has 0 heterocycles. The Morgan fingerprint density at radius 2 is 0.944 bits per heavy atom. The van der Waals surface area contributed by atoms with Gasteiger partial charge in [0.15, 0.2) is 0 Å². The van der Waals surface area contributed by atoms with Gasteiger partial charge in [-0.05, 0) is 38.5 Å². The van der Waals surface area contributed by atoms with Crippen LogP contribution in [-0.4, -0.2) is 159 Å². The molecule has 2 amide bonds. The predicted molar refractivity (Wildman–Crippen MR) is 200 cm³/mol. The maximum Gasteiger partial charge on any atom is 1.00 e. The zero-order valence-corrected chi connectivity index (χ0v) is 57.4. The van der Waals surface area contributed by atoms with E-state index in [1.807, 2.05) is 5.32 Å². The minimum Gasteiger partial charge on any atom is -0.778 e. The fraction of sp³-hybridized carbons (Fsp3) is 0.667. The third kappa shape index (κ3) is 65.6. The third-order valence-corrected chi connectivity index (χ3v) is 9.72. The number of phosphoric acid groups is 1. The summed E-state index contributed by atoms with van der Waals surface area (Å²) in [5.41, 5.74) is 10.3. The van der Waals surface area contributed by atoms with Gasteiger partial charge in [-0.2, -0.15) is 0 Å². The first-order chi connectivity index (χ1) is 29.8. The van der Waals surface area contributed by atoms with Gasteiger partial charge in [-0.15, -0.1) is 0 Å². The van der Waals surface area contributed by atoms with Crippen LogP contribution in [0.25, 0.3) is 0 Å². The van der Waals surface area contributed by atoms with Crippen LogP contribution in [0.5, 0.6) is 0 Å². The second-order valence-corrected chi connectivity index (χ2v) is 17.6. The molecular weight excluding hydrogens is 1170 g/mol. The Labute approximate surface area is 616 Å². The summed E-state index contributed by atoms with van der Waals surface area (Å²) in [6, 6.07) is -5.46. The van der Waals surface area contributed by atoms with Crippen molar-refractivity contribution < 1.29 is 398 Å². The van der Waals surface area contributed by atoms with Gasteiger partial charge in [0.1, 0.15) is 19.7 Å². The predicted octanol–water partition coefficient (Wildman–Crippen LogP) is -25.1. The number of nitrogens with two attached hydrogens (primary N) is 2. The molecule has 0 spiro atoms. The molecule has 0 aliphatic rings. The Morgan fingerprint density at radius 3 is 1.27 bits per heavy atom. The van der Waals surface area contributed by atoms with Crippen LogP contribution >= 0.6 is 23.0 Å². The number of carboxylic acids is 8. The van der Waals surface area contributed by atoms with Crippen molar-refractivity contribution in [3.63, 3.8) is 0 Å². The average molecular weight is 1220 g/mol. The van der Waals surface area contributed by atoms with E-state index in [4.69, 9.17) is 66.0 Å². The van der Waals surface area contributed by atoms with Crippen LogP contribution in [0.1, 0.15) is 64.2 Å². The van der Waals surface area contributed by atoms with Gasteiger partial charge in [-0.25, -0.2) is 9.36 Å². The summed E-state index contributed by atoms with van der Waals surface area (Å²) in [5, 5.41) is 89.4. The van der Waals surface area contributed by atoms with Crippen molar-refractivity contribution in [2.45, 2.75) is 88.4 Å². The number of hydrogen-bond acceptors (Lipinski definition) is 22. The van der Waals surface area contributed by atoms with E-state index in [1.165, 1.54) is 0 Å². The fourth-order valence-electron chi connectivity index (χ4n) is 4.07. The molecule has 0 aromatic carbocycles. The number of carbonyl (C=O) groups is 10. The number of carbonyl (C=O) groups excluding carboxylic acids is 6. The minimum absolute atomic E-state index is 0. The van der Waals surface area contributed by atoms with Crippen molar-refractivity contribution in [1.29, 1.82) is 0 Å². The van der Waals surface area contributed by atoms with E-state index in [1.54, 1.807) is 0 Å². The van der Waals surface area contributed by atoms with E-state index in [9.17, 15) is 82.4 Å². The number of aliphatic hydroxyl groups excluding tert-OH is 1. The molecule has 33 nitrogen and oxygen atoms in total. The summed E-state index contributed by atoms with van der Waals surface area (Å²) in [5.74, 6) is -16.3. The largest absolute Gasteiger partial charge is 1.00 e. The Morgan fingerprint density at radius 1 is 0.521 bits per heavy atom. The summed E-state index contributed by atoms with van der Waals surface area (Å²) >= 11 is 0. The summed E-state index contributed by atoms with van der Waals surface area (Å²) in [6.07, 6.45) is -5.65. The number of rotatable bonds is 30. The molecule has 0 rings (SSSR count). The first kappa shape index (κ1) is 93.5. The molecule has 384 valence electrons. The SMILES string of the molecule is N[C@@H](CCC(=O)N[C@@H](CCO)C(=O)O)C(=O)O.N[C@@H](CCC(=O)N[C@@H](CCOP(=O)([O-])CC(CCC(=O)[O-])C(=O)[O-])C(=O)[O-])C(=O)[O-].O=C(O)CCC(CP(=O)(O)O)C(=O)O.O=P(O)(O)O.[K+].[K+].[K+].[K+].[K+]. The minimum atomic E-state index is -4.82. The van der Waals surface area contributed by atoms with Gasteiger partial charge >= 0.3 is 296 Å². The second kappa shape index (κ2) is 51.3. The molecule has 71 heavy (non-hydrogen) atoms. The quantitative estimate of drug-likeness (QED) is 0.0235. The smallest absolute Gasteiger partial charge is 0.778 e. The van der Waals surface area contributed by atoms with E-state index in [-0.39, 0.29) is 296 Å². The zero-order chi connectivity index (χ0) is 52.8. The van der Waals surface area contributed by atoms with Crippen molar-refractivity contribution in [1.82, 2.24) is 10.6 Å². The Balaban J connectivity index is -0.000000114. The van der Waals surface area contributed by atoms with Crippen LogP contribution < -0.4 is 304 Å². The first-order valence-electron chi connectivity index (χ1n) is 18.1. The van der Waals surface area contributed by atoms with Crippen LogP contribution in [-0.2, 0) is 66.2 Å². The molecular formula is C30H50K5N4O29P3. The molecule has 0 aromatic heterocycles. The van der Waals surface area contributed by atoms with E-state index >= 15 is 0 Å². The van der Waals surface area contributed by atoms with Crippen molar-refractivity contribution in [2.75, 3.05) is 25.5 Å². The topological polar surface area (TPSA) is 625 Å². The maximum absolute atomic E-state index is 11.8. The Hall–Kier alpha value is 3.17. The molecule has 7 atom stereocenters. The summed E-state index contributed by atoms with van der Waals surface area (Å²) < 4.78 is 35.7. The fourth-order valence-corrected chi connectivity index (χ4v) is 6.34. The molecule has 0 aliphatic heterocycles. The molecule has 0 aliphatic carbocycles. The first-order valence-corrected chi connectivity index (χ1v) is 23.1. The Bertz CT molecular complexity index is 1790. The summed E-state index contributed by atoms with van der Waals surface area (Å²) in [6.45, 7) is -1.13. The van der Waals surface area contributed by atoms with E-state index in [0.29, 0.717) is 0 Å². The zero-order valence-electron chi connectivity index (χ0n) is 39.1. The molecule has 0 radical (unpaired) electrons. The normalized spacial score (nSPS) is 13.5. The van der Waals surface area contributed by atoms with Gasteiger partial charge in [0.05, 0.1) is 36.7 Å². The molecule has 0 fully saturated rings. The average Bonchev–Trinajstić information content (AvgIpc) is 3.14. The van der Waals surface area contributed by atoms with Crippen LogP contribution in [0.3, 0.4) is 0 Å². The van der Waals surface area contributed by atoms with E-state index < -0.39 is 170 Å². The Kier molecular flexibility index (Phi) is 67.6. The van der Waals surface area contributed by atoms with Crippen LogP contribution in [0.15, 0.2) is 0 Å². The van der Waals surface area contributed by atoms with Gasteiger partial charge in [0.25, 0.3) is 0 Å². The van der Waals surface area contributed by atoms with Crippen molar-refractivity contribution in [3.05, 3.63) is 0 Å². The van der Waals surface area contributed by atoms with Crippen molar-refractivity contribution >= 4 is 82.6 Å². The monoisotopic (exact) mass is 1220 g/mol. The number of aliphatic hydroxyl groups is 1. The third-order valence-electron chi connectivity index (χ3n) is 7.34. The van der Waals surface area contributed by atoms with E-state index in [0.717, 1.165) is 0 Å². The second-order valence-electron chi connectivity index (χ2n) is 13.0. The van der Waals surface area contributed by atoms with Crippen LogP contribution in [0, 0.1) is 11.8 Å².